The summed E-state index contributed by atoms with van der Waals surface area (Å²) in [6.07, 6.45) is 0. The quantitative estimate of drug-likeness (QED) is 0.813. The first kappa shape index (κ1) is 12.7. The van der Waals surface area contributed by atoms with Crippen molar-refractivity contribution in [3.8, 4) is 16.9 Å². The highest BCUT2D eigenvalue weighted by atomic mass is 16.5. The maximum atomic E-state index is 5.27. The van der Waals surface area contributed by atoms with Gasteiger partial charge in [-0.2, -0.15) is 0 Å². The predicted octanol–water partition coefficient (Wildman–Crippen LogP) is 3.22. The van der Waals surface area contributed by atoms with Crippen LogP contribution in [0.5, 0.6) is 5.75 Å². The molecule has 0 N–H and O–H groups in total. The van der Waals surface area contributed by atoms with Crippen molar-refractivity contribution in [3.63, 3.8) is 0 Å². The van der Waals surface area contributed by atoms with Gasteiger partial charge >= 0.3 is 0 Å². The number of hydrogen-bond donors (Lipinski definition) is 0. The minimum atomic E-state index is 0.876. The number of nitrogens with zero attached hydrogens (tertiary/aromatic N) is 1. The maximum Gasteiger partial charge on any atom is 0.119 e. The molecule has 0 unspecified atom stereocenters. The first-order valence-electron chi connectivity index (χ1n) is 5.99. The summed E-state index contributed by atoms with van der Waals surface area (Å²) < 4.78 is 5.27. The van der Waals surface area contributed by atoms with Crippen LogP contribution in [0.25, 0.3) is 11.1 Å². The molecule has 0 bridgehead atoms. The van der Waals surface area contributed by atoms with E-state index in [4.69, 9.17) is 4.74 Å². The average Bonchev–Trinajstić information content (AvgIpc) is 2.39. The van der Waals surface area contributed by atoms with Gasteiger partial charge in [0.05, 0.1) is 7.11 Å². The second-order valence-corrected chi connectivity index (χ2v) is 4.54. The molecule has 2 aromatic rings. The van der Waals surface area contributed by atoms with Gasteiger partial charge in [-0.25, -0.2) is 0 Å². The van der Waals surface area contributed by atoms with Crippen LogP contribution in [0.15, 0.2) is 42.5 Å². The van der Waals surface area contributed by atoms with Crippen LogP contribution in [0.1, 0.15) is 5.56 Å². The molecule has 0 aliphatic rings. The average molecular weight is 240 g/mol. The van der Waals surface area contributed by atoms with Crippen LogP contribution >= 0.6 is 0 Å². The number of ether oxygens (including phenoxy) is 1. The summed E-state index contributed by atoms with van der Waals surface area (Å²) >= 11 is 0. The lowest BCUT2D eigenvalue weighted by molar-refractivity contribution is 0.403. The molecule has 0 amide bonds. The summed E-state index contributed by atoms with van der Waals surface area (Å²) in [5, 5.41) is 0. The van der Waals surface area contributed by atoms with E-state index in [0.717, 1.165) is 23.4 Å². The van der Waals surface area contributed by atoms with Gasteiger partial charge in [0, 0.05) is 6.54 Å². The number of methoxy groups -OCH3 is 1. The lowest BCUT2D eigenvalue weighted by Gasteiger charge is -2.14. The van der Waals surface area contributed by atoms with E-state index < -0.39 is 0 Å². The zero-order chi connectivity index (χ0) is 13.0. The molecule has 2 aromatic carbocycles. The highest BCUT2D eigenvalue weighted by Crippen LogP contribution is 2.26. The zero-order valence-electron chi connectivity index (χ0n) is 11.1. The van der Waals surface area contributed by atoms with Crippen molar-refractivity contribution >= 4 is 0 Å². The van der Waals surface area contributed by atoms with E-state index in [1.807, 2.05) is 30.3 Å². The van der Waals surface area contributed by atoms with Crippen molar-refractivity contribution in [3.05, 3.63) is 54.1 Å². The highest BCUT2D eigenvalue weighted by Gasteiger charge is 2.06. The van der Waals surface area contributed by atoms with Crippen molar-refractivity contribution in [1.82, 2.24) is 4.90 Å². The van der Waals surface area contributed by atoms with E-state index in [0.29, 0.717) is 0 Å². The van der Waals surface area contributed by atoms with Gasteiger partial charge in [-0.3, -0.25) is 0 Å². The lowest BCUT2D eigenvalue weighted by Crippen LogP contribution is -2.11. The standard InChI is InChI=1S/C16H18NO/c1-17(2)12-14-7-4-5-10-16(14)13-8-6-9-15(11-13)18-3/h4-9,11H,12H2,1-3H3. The predicted molar refractivity (Wildman–Crippen MR) is 74.7 cm³/mol. The SMILES string of the molecule is COc1cccc(-c2[c]cccc2CN(C)C)c1. The molecule has 0 atom stereocenters. The van der Waals surface area contributed by atoms with Crippen LogP contribution in [-0.2, 0) is 6.54 Å². The lowest BCUT2D eigenvalue weighted by atomic mass is 9.99. The Kier molecular flexibility index (Phi) is 4.00. The summed E-state index contributed by atoms with van der Waals surface area (Å²) in [6, 6.07) is 17.6. The van der Waals surface area contributed by atoms with Gasteiger partial charge in [-0.15, -0.1) is 0 Å². The van der Waals surface area contributed by atoms with E-state index in [9.17, 15) is 0 Å². The molecule has 0 aliphatic carbocycles. The maximum absolute atomic E-state index is 5.27. The third-order valence-electron chi connectivity index (χ3n) is 2.79. The largest absolute Gasteiger partial charge is 0.497 e. The molecule has 0 saturated carbocycles. The van der Waals surface area contributed by atoms with Gasteiger partial charge in [-0.1, -0.05) is 30.3 Å². The molecule has 0 fully saturated rings. The highest BCUT2D eigenvalue weighted by molar-refractivity contribution is 5.68. The van der Waals surface area contributed by atoms with Crippen LogP contribution in [0.3, 0.4) is 0 Å². The van der Waals surface area contributed by atoms with Gasteiger partial charge in [0.1, 0.15) is 5.75 Å². The molecule has 0 aromatic heterocycles. The molecule has 0 saturated heterocycles. The normalized spacial score (nSPS) is 10.7. The third kappa shape index (κ3) is 2.90. The summed E-state index contributed by atoms with van der Waals surface area (Å²) in [5.41, 5.74) is 3.56. The molecule has 1 radical (unpaired) electrons. The van der Waals surface area contributed by atoms with E-state index in [1.54, 1.807) is 7.11 Å². The zero-order valence-corrected chi connectivity index (χ0v) is 11.1. The summed E-state index contributed by atoms with van der Waals surface area (Å²) in [6.45, 7) is 0.907. The molecule has 2 rings (SSSR count). The van der Waals surface area contributed by atoms with E-state index in [-0.39, 0.29) is 0 Å². The number of rotatable bonds is 4. The number of benzene rings is 2. The topological polar surface area (TPSA) is 12.5 Å². The van der Waals surface area contributed by atoms with Crippen LogP contribution in [0, 0.1) is 6.07 Å². The molecular formula is C16H18NO. The van der Waals surface area contributed by atoms with Crippen molar-refractivity contribution in [2.75, 3.05) is 21.2 Å². The molecule has 2 nitrogen and oxygen atoms in total. The van der Waals surface area contributed by atoms with Gasteiger partial charge in [0.2, 0.25) is 0 Å². The van der Waals surface area contributed by atoms with Gasteiger partial charge < -0.3 is 9.64 Å². The molecule has 2 heteroatoms. The molecule has 0 spiro atoms. The van der Waals surface area contributed by atoms with Gasteiger partial charge in [0.25, 0.3) is 0 Å². The third-order valence-corrected chi connectivity index (χ3v) is 2.79. The van der Waals surface area contributed by atoms with Crippen LogP contribution in [0.2, 0.25) is 0 Å². The van der Waals surface area contributed by atoms with E-state index in [1.165, 1.54) is 5.56 Å². The fourth-order valence-corrected chi connectivity index (χ4v) is 1.99. The fraction of sp³-hybridized carbons (Fsp3) is 0.250. The summed E-state index contributed by atoms with van der Waals surface area (Å²) in [4.78, 5) is 2.16. The Bertz CT molecular complexity index is 520. The fourth-order valence-electron chi connectivity index (χ4n) is 1.99. The van der Waals surface area contributed by atoms with E-state index >= 15 is 0 Å². The Morgan fingerprint density at radius 3 is 2.72 bits per heavy atom. The van der Waals surface area contributed by atoms with Crippen molar-refractivity contribution < 1.29 is 4.74 Å². The first-order valence-corrected chi connectivity index (χ1v) is 5.99. The second kappa shape index (κ2) is 5.69. The van der Waals surface area contributed by atoms with Crippen molar-refractivity contribution in [2.45, 2.75) is 6.54 Å². The monoisotopic (exact) mass is 240 g/mol. The summed E-state index contributed by atoms with van der Waals surface area (Å²) in [7, 11) is 5.83. The Hall–Kier alpha value is -1.80. The molecule has 0 aliphatic heterocycles. The summed E-state index contributed by atoms with van der Waals surface area (Å²) in [5.74, 6) is 0.876. The van der Waals surface area contributed by atoms with Gasteiger partial charge in [0.15, 0.2) is 0 Å². The molecular weight excluding hydrogens is 222 g/mol. The number of hydrogen-bond acceptors (Lipinski definition) is 2. The molecule has 93 valence electrons. The first-order chi connectivity index (χ1) is 8.70. The minimum Gasteiger partial charge on any atom is -0.497 e. The Balaban J connectivity index is 2.42. The van der Waals surface area contributed by atoms with Crippen LogP contribution in [-0.4, -0.2) is 26.1 Å². The minimum absolute atomic E-state index is 0.876. The smallest absolute Gasteiger partial charge is 0.119 e. The Morgan fingerprint density at radius 2 is 2.00 bits per heavy atom. The van der Waals surface area contributed by atoms with Gasteiger partial charge in [-0.05, 0) is 49.0 Å². The Labute approximate surface area is 109 Å². The van der Waals surface area contributed by atoms with Crippen molar-refractivity contribution in [1.29, 1.82) is 0 Å². The molecule has 18 heavy (non-hydrogen) atoms. The molecule has 0 heterocycles. The Morgan fingerprint density at radius 1 is 1.17 bits per heavy atom. The van der Waals surface area contributed by atoms with Crippen molar-refractivity contribution in [2.24, 2.45) is 0 Å². The van der Waals surface area contributed by atoms with Crippen LogP contribution < -0.4 is 4.74 Å². The second-order valence-electron chi connectivity index (χ2n) is 4.54. The van der Waals surface area contributed by atoms with Crippen LogP contribution in [0.4, 0.5) is 0 Å². The van der Waals surface area contributed by atoms with E-state index in [2.05, 4.69) is 37.2 Å².